The Morgan fingerprint density at radius 3 is 2.54 bits per heavy atom. The summed E-state index contributed by atoms with van der Waals surface area (Å²) in [6.07, 6.45) is 0. The van der Waals surface area contributed by atoms with Crippen LogP contribution in [0.3, 0.4) is 0 Å². The summed E-state index contributed by atoms with van der Waals surface area (Å²) < 4.78 is 1.90. The van der Waals surface area contributed by atoms with Crippen molar-refractivity contribution in [3.63, 3.8) is 0 Å². The Bertz CT molecular complexity index is 972. The summed E-state index contributed by atoms with van der Waals surface area (Å²) >= 11 is 0. The molecule has 0 bridgehead atoms. The van der Waals surface area contributed by atoms with Gasteiger partial charge >= 0.3 is 5.97 Å². The zero-order chi connectivity index (χ0) is 16.7. The third kappa shape index (κ3) is 2.13. The largest absolute Gasteiger partial charge is 0.476 e. The van der Waals surface area contributed by atoms with Gasteiger partial charge in [-0.15, -0.1) is 0 Å². The first-order chi connectivity index (χ1) is 11.7. The molecule has 1 aliphatic heterocycles. The number of benzene rings is 2. The van der Waals surface area contributed by atoms with E-state index in [2.05, 4.69) is 4.98 Å². The number of carboxylic acids is 1. The van der Waals surface area contributed by atoms with Crippen LogP contribution in [0, 0.1) is 6.92 Å². The number of carbonyl (C=O) groups is 1. The van der Waals surface area contributed by atoms with Crippen molar-refractivity contribution in [2.45, 2.75) is 13.5 Å². The van der Waals surface area contributed by atoms with Crippen LogP contribution in [0.4, 0.5) is 0 Å². The summed E-state index contributed by atoms with van der Waals surface area (Å²) in [6.45, 7) is 2.10. The Morgan fingerprint density at radius 1 is 1.08 bits per heavy atom. The Balaban J connectivity index is 2.01. The fourth-order valence-electron chi connectivity index (χ4n) is 3.16. The quantitative estimate of drug-likeness (QED) is 0.789. The molecule has 118 valence electrons. The number of rotatable bonds is 2. The number of fused-ring (bicyclic) bond motifs is 3. The molecule has 0 saturated heterocycles. The summed E-state index contributed by atoms with van der Waals surface area (Å²) in [4.78, 5) is 20.5. The third-order valence-electron chi connectivity index (χ3n) is 4.18. The standard InChI is InChI=1S/C19H15N3O2/c1-12-21-18(19(23)24)16-11-20-17(13-7-3-2-4-8-13)14-9-5-6-10-15(14)22(12)16/h2-10H,11H2,1H3,(H,23,24). The van der Waals surface area contributed by atoms with Crippen LogP contribution >= 0.6 is 0 Å². The molecule has 1 N–H and O–H groups in total. The Hall–Kier alpha value is -3.21. The normalized spacial score (nSPS) is 12.8. The predicted octanol–water partition coefficient (Wildman–Crippen LogP) is 3.23. The molecule has 0 unspecified atom stereocenters. The van der Waals surface area contributed by atoms with Gasteiger partial charge in [0.2, 0.25) is 0 Å². The second-order valence-electron chi connectivity index (χ2n) is 5.64. The Labute approximate surface area is 138 Å². The van der Waals surface area contributed by atoms with Gasteiger partial charge in [0.05, 0.1) is 23.6 Å². The summed E-state index contributed by atoms with van der Waals surface area (Å²) in [5.41, 5.74) is 4.44. The first-order valence-electron chi connectivity index (χ1n) is 7.68. The van der Waals surface area contributed by atoms with Crippen LogP contribution in [0.5, 0.6) is 0 Å². The molecule has 5 heteroatoms. The van der Waals surface area contributed by atoms with Gasteiger partial charge in [0.15, 0.2) is 5.69 Å². The van der Waals surface area contributed by atoms with Crippen LogP contribution in [0.25, 0.3) is 5.69 Å². The second-order valence-corrected chi connectivity index (χ2v) is 5.64. The highest BCUT2D eigenvalue weighted by Crippen LogP contribution is 2.28. The highest BCUT2D eigenvalue weighted by atomic mass is 16.4. The molecule has 1 aliphatic rings. The van der Waals surface area contributed by atoms with E-state index >= 15 is 0 Å². The molecule has 4 rings (SSSR count). The summed E-state index contributed by atoms with van der Waals surface area (Å²) in [5.74, 6) is -0.373. The van der Waals surface area contributed by atoms with Gasteiger partial charge in [-0.05, 0) is 13.0 Å². The van der Waals surface area contributed by atoms with Crippen LogP contribution in [0.1, 0.15) is 33.1 Å². The van der Waals surface area contributed by atoms with Gasteiger partial charge in [0.1, 0.15) is 5.82 Å². The molecule has 0 spiro atoms. The van der Waals surface area contributed by atoms with Crippen molar-refractivity contribution in [1.29, 1.82) is 0 Å². The molecule has 0 radical (unpaired) electrons. The van der Waals surface area contributed by atoms with Crippen molar-refractivity contribution in [3.05, 3.63) is 82.9 Å². The molecule has 2 heterocycles. The molecule has 0 atom stereocenters. The lowest BCUT2D eigenvalue weighted by atomic mass is 10.0. The van der Waals surface area contributed by atoms with Crippen molar-refractivity contribution in [1.82, 2.24) is 9.55 Å². The molecule has 5 nitrogen and oxygen atoms in total. The van der Waals surface area contributed by atoms with Crippen LogP contribution in [0.2, 0.25) is 0 Å². The summed E-state index contributed by atoms with van der Waals surface area (Å²) in [6, 6.07) is 17.8. The Kier molecular flexibility index (Phi) is 3.27. The predicted molar refractivity (Wildman–Crippen MR) is 91.0 cm³/mol. The highest BCUT2D eigenvalue weighted by Gasteiger charge is 2.25. The topological polar surface area (TPSA) is 67.5 Å². The minimum atomic E-state index is -1.03. The molecule has 0 amide bonds. The molecular weight excluding hydrogens is 302 g/mol. The summed E-state index contributed by atoms with van der Waals surface area (Å²) in [5, 5.41) is 9.45. The van der Waals surface area contributed by atoms with Gasteiger partial charge in [-0.3, -0.25) is 9.56 Å². The number of para-hydroxylation sites is 1. The van der Waals surface area contributed by atoms with E-state index in [4.69, 9.17) is 4.99 Å². The first-order valence-corrected chi connectivity index (χ1v) is 7.68. The number of aromatic carboxylic acids is 1. The lowest BCUT2D eigenvalue weighted by molar-refractivity contribution is 0.0689. The van der Waals surface area contributed by atoms with Crippen molar-refractivity contribution < 1.29 is 9.90 Å². The maximum atomic E-state index is 11.5. The maximum absolute atomic E-state index is 11.5. The fourth-order valence-corrected chi connectivity index (χ4v) is 3.16. The number of aliphatic imine (C=N–C) groups is 1. The lowest BCUT2D eigenvalue weighted by Gasteiger charge is -2.12. The molecular formula is C19H15N3O2. The van der Waals surface area contributed by atoms with Gasteiger partial charge in [-0.1, -0.05) is 48.5 Å². The number of aryl methyl sites for hydroxylation is 1. The van der Waals surface area contributed by atoms with Gasteiger partial charge in [0.25, 0.3) is 0 Å². The molecule has 0 saturated carbocycles. The van der Waals surface area contributed by atoms with Crippen molar-refractivity contribution in [3.8, 4) is 5.69 Å². The van der Waals surface area contributed by atoms with Crippen LogP contribution in [0.15, 0.2) is 59.6 Å². The monoisotopic (exact) mass is 317 g/mol. The van der Waals surface area contributed by atoms with Gasteiger partial charge in [0, 0.05) is 11.1 Å². The number of imidazole rings is 1. The van der Waals surface area contributed by atoms with E-state index in [1.165, 1.54) is 0 Å². The van der Waals surface area contributed by atoms with Gasteiger partial charge in [-0.25, -0.2) is 9.78 Å². The van der Waals surface area contributed by atoms with Crippen molar-refractivity contribution >= 4 is 11.7 Å². The van der Waals surface area contributed by atoms with E-state index in [0.717, 1.165) is 22.5 Å². The number of hydrogen-bond donors (Lipinski definition) is 1. The fraction of sp³-hybridized carbons (Fsp3) is 0.105. The van der Waals surface area contributed by atoms with Crippen LogP contribution < -0.4 is 0 Å². The van der Waals surface area contributed by atoms with Gasteiger partial charge in [-0.2, -0.15) is 0 Å². The summed E-state index contributed by atoms with van der Waals surface area (Å²) in [7, 11) is 0. The van der Waals surface area contributed by atoms with E-state index in [0.29, 0.717) is 11.5 Å². The van der Waals surface area contributed by atoms with Crippen LogP contribution in [-0.2, 0) is 6.54 Å². The molecule has 1 aromatic heterocycles. The minimum Gasteiger partial charge on any atom is -0.476 e. The molecule has 24 heavy (non-hydrogen) atoms. The third-order valence-corrected chi connectivity index (χ3v) is 4.18. The average Bonchev–Trinajstić information content (AvgIpc) is 2.83. The molecule has 2 aromatic carbocycles. The average molecular weight is 317 g/mol. The number of nitrogens with zero attached hydrogens (tertiary/aromatic N) is 3. The zero-order valence-corrected chi connectivity index (χ0v) is 13.1. The van der Waals surface area contributed by atoms with E-state index in [1.807, 2.05) is 66.1 Å². The van der Waals surface area contributed by atoms with Crippen LogP contribution in [-0.4, -0.2) is 26.3 Å². The second kappa shape index (κ2) is 5.45. The van der Waals surface area contributed by atoms with Gasteiger partial charge < -0.3 is 5.11 Å². The maximum Gasteiger partial charge on any atom is 0.356 e. The number of aromatic nitrogens is 2. The number of carboxylic acid groups (broad SMARTS) is 1. The van der Waals surface area contributed by atoms with Crippen molar-refractivity contribution in [2.24, 2.45) is 4.99 Å². The highest BCUT2D eigenvalue weighted by molar-refractivity contribution is 6.15. The molecule has 0 fully saturated rings. The lowest BCUT2D eigenvalue weighted by Crippen LogP contribution is -2.08. The molecule has 0 aliphatic carbocycles. The number of hydrogen-bond acceptors (Lipinski definition) is 3. The smallest absolute Gasteiger partial charge is 0.356 e. The van der Waals surface area contributed by atoms with Crippen molar-refractivity contribution in [2.75, 3.05) is 0 Å². The van der Waals surface area contributed by atoms with E-state index in [9.17, 15) is 9.90 Å². The minimum absolute atomic E-state index is 0.0698. The molecule has 3 aromatic rings. The SMILES string of the molecule is Cc1nc(C(=O)O)c2n1-c1ccccc1C(c1ccccc1)=NC2. The Morgan fingerprint density at radius 2 is 1.79 bits per heavy atom. The van der Waals surface area contributed by atoms with E-state index in [1.54, 1.807) is 0 Å². The van der Waals surface area contributed by atoms with E-state index in [-0.39, 0.29) is 12.2 Å². The zero-order valence-electron chi connectivity index (χ0n) is 13.1. The van der Waals surface area contributed by atoms with E-state index < -0.39 is 5.97 Å². The first kappa shape index (κ1) is 14.4.